The highest BCUT2D eigenvalue weighted by molar-refractivity contribution is 7.92. The van der Waals surface area contributed by atoms with E-state index in [-0.39, 0.29) is 11.3 Å². The van der Waals surface area contributed by atoms with Crippen LogP contribution in [0.2, 0.25) is 0 Å². The van der Waals surface area contributed by atoms with Crippen LogP contribution < -0.4 is 14.2 Å². The summed E-state index contributed by atoms with van der Waals surface area (Å²) in [5.41, 5.74) is 2.54. The molecule has 0 unspecified atom stereocenters. The lowest BCUT2D eigenvalue weighted by Crippen LogP contribution is -2.16. The quantitative estimate of drug-likeness (QED) is 0.166. The number of anilines is 1. The van der Waals surface area contributed by atoms with E-state index in [1.807, 2.05) is 32.0 Å². The molecule has 210 valence electrons. The zero-order chi connectivity index (χ0) is 27.8. The van der Waals surface area contributed by atoms with Gasteiger partial charge >= 0.3 is 5.97 Å². The standard InChI is InChI=1S/C29H41NO7S/c1-4-7-17-36-28-22-24(21-25(29(31)32)16-18-35-6-3)11-14-27(28)37-19-15-23-9-12-26(13-10-23)30-38(33,34)20-8-5-2/h9-14,21-22,30H,4-8,15-20H2,1-3H3,(H,31,32)/b25-21-. The zero-order valence-electron chi connectivity index (χ0n) is 22.7. The van der Waals surface area contributed by atoms with E-state index in [4.69, 9.17) is 14.2 Å². The molecule has 0 fully saturated rings. The number of hydrogen-bond acceptors (Lipinski definition) is 6. The smallest absolute Gasteiger partial charge is 0.331 e. The Balaban J connectivity index is 2.05. The SMILES string of the molecule is CCCCOc1cc(/C=C(/CCOCC)C(=O)O)ccc1OCCc1ccc(NS(=O)(=O)CCCC)cc1. The van der Waals surface area contributed by atoms with E-state index in [1.165, 1.54) is 0 Å². The predicted octanol–water partition coefficient (Wildman–Crippen LogP) is 5.92. The van der Waals surface area contributed by atoms with Crippen LogP contribution in [0.1, 0.15) is 64.0 Å². The molecule has 0 aliphatic carbocycles. The van der Waals surface area contributed by atoms with E-state index < -0.39 is 16.0 Å². The first-order chi connectivity index (χ1) is 18.3. The Bertz CT molecular complexity index is 1130. The van der Waals surface area contributed by atoms with Gasteiger partial charge in [0.25, 0.3) is 0 Å². The van der Waals surface area contributed by atoms with Crippen LogP contribution in [0, 0.1) is 0 Å². The molecule has 0 saturated heterocycles. The molecule has 38 heavy (non-hydrogen) atoms. The number of aliphatic carboxylic acids is 1. The van der Waals surface area contributed by atoms with Gasteiger partial charge in [-0.15, -0.1) is 0 Å². The fourth-order valence-electron chi connectivity index (χ4n) is 3.52. The minimum absolute atomic E-state index is 0.112. The van der Waals surface area contributed by atoms with Gasteiger partial charge in [0, 0.05) is 30.7 Å². The number of rotatable bonds is 19. The van der Waals surface area contributed by atoms with Gasteiger partial charge in [-0.05, 0) is 61.2 Å². The van der Waals surface area contributed by atoms with Gasteiger partial charge in [0.1, 0.15) is 0 Å². The van der Waals surface area contributed by atoms with Gasteiger partial charge in [0.2, 0.25) is 10.0 Å². The third kappa shape index (κ3) is 11.6. The first-order valence-electron chi connectivity index (χ1n) is 13.3. The number of carboxylic acids is 1. The van der Waals surface area contributed by atoms with Crippen LogP contribution in [0.4, 0.5) is 5.69 Å². The van der Waals surface area contributed by atoms with E-state index >= 15 is 0 Å². The first-order valence-corrected chi connectivity index (χ1v) is 14.9. The van der Waals surface area contributed by atoms with Gasteiger partial charge in [-0.2, -0.15) is 0 Å². The highest BCUT2D eigenvalue weighted by Crippen LogP contribution is 2.30. The van der Waals surface area contributed by atoms with Crippen molar-refractivity contribution in [1.82, 2.24) is 0 Å². The van der Waals surface area contributed by atoms with Crippen molar-refractivity contribution < 1.29 is 32.5 Å². The largest absolute Gasteiger partial charge is 0.490 e. The van der Waals surface area contributed by atoms with Crippen LogP contribution in [-0.2, 0) is 26.0 Å². The number of carbonyl (C=O) groups is 1. The maximum atomic E-state index is 12.1. The van der Waals surface area contributed by atoms with E-state index in [1.54, 1.807) is 30.3 Å². The topological polar surface area (TPSA) is 111 Å². The average molecular weight is 548 g/mol. The lowest BCUT2D eigenvalue weighted by Gasteiger charge is -2.14. The Morgan fingerprint density at radius 3 is 2.29 bits per heavy atom. The van der Waals surface area contributed by atoms with Crippen molar-refractivity contribution in [1.29, 1.82) is 0 Å². The molecule has 2 aromatic rings. The summed E-state index contributed by atoms with van der Waals surface area (Å²) < 4.78 is 44.1. The highest BCUT2D eigenvalue weighted by atomic mass is 32.2. The molecule has 0 atom stereocenters. The number of sulfonamides is 1. The van der Waals surface area contributed by atoms with E-state index in [9.17, 15) is 18.3 Å². The maximum absolute atomic E-state index is 12.1. The van der Waals surface area contributed by atoms with Gasteiger partial charge in [0.15, 0.2) is 11.5 Å². The fourth-order valence-corrected chi connectivity index (χ4v) is 4.79. The Labute approximate surface area is 227 Å². The van der Waals surface area contributed by atoms with Crippen LogP contribution in [0.5, 0.6) is 11.5 Å². The third-order valence-electron chi connectivity index (χ3n) is 5.70. The average Bonchev–Trinajstić information content (AvgIpc) is 2.89. The van der Waals surface area contributed by atoms with Crippen LogP contribution in [0.15, 0.2) is 48.0 Å². The van der Waals surface area contributed by atoms with Gasteiger partial charge in [-0.1, -0.05) is 44.9 Å². The Kier molecular flexibility index (Phi) is 13.7. The molecule has 0 heterocycles. The predicted molar refractivity (Wildman–Crippen MR) is 152 cm³/mol. The summed E-state index contributed by atoms with van der Waals surface area (Å²) in [7, 11) is -3.33. The molecule has 0 saturated carbocycles. The highest BCUT2D eigenvalue weighted by Gasteiger charge is 2.12. The fraction of sp³-hybridized carbons (Fsp3) is 0.483. The molecule has 0 aromatic heterocycles. The summed E-state index contributed by atoms with van der Waals surface area (Å²) in [5.74, 6) is 0.294. The van der Waals surface area contributed by atoms with Gasteiger partial charge in [0.05, 0.1) is 25.6 Å². The molecule has 2 N–H and O–H groups in total. The number of nitrogens with one attached hydrogen (secondary N) is 1. The van der Waals surface area contributed by atoms with Crippen LogP contribution in [0.3, 0.4) is 0 Å². The molecule has 0 bridgehead atoms. The zero-order valence-corrected chi connectivity index (χ0v) is 23.5. The number of benzene rings is 2. The Morgan fingerprint density at radius 2 is 1.63 bits per heavy atom. The first kappa shape index (κ1) is 31.2. The number of unbranched alkanes of at least 4 members (excludes halogenated alkanes) is 2. The monoisotopic (exact) mass is 547 g/mol. The van der Waals surface area contributed by atoms with Crippen molar-refractivity contribution in [3.63, 3.8) is 0 Å². The Morgan fingerprint density at radius 1 is 0.921 bits per heavy atom. The molecule has 9 heteroatoms. The summed E-state index contributed by atoms with van der Waals surface area (Å²) in [4.78, 5) is 11.7. The lowest BCUT2D eigenvalue weighted by molar-refractivity contribution is -0.132. The minimum atomic E-state index is -3.33. The van der Waals surface area contributed by atoms with Crippen molar-refractivity contribution in [3.05, 3.63) is 59.2 Å². The third-order valence-corrected chi connectivity index (χ3v) is 7.07. The molecule has 2 rings (SSSR count). The molecule has 0 spiro atoms. The number of hydrogen-bond donors (Lipinski definition) is 2. The van der Waals surface area contributed by atoms with Crippen molar-refractivity contribution in [2.75, 3.05) is 36.9 Å². The molecule has 0 aliphatic rings. The van der Waals surface area contributed by atoms with E-state index in [0.29, 0.717) is 62.9 Å². The maximum Gasteiger partial charge on any atom is 0.331 e. The summed E-state index contributed by atoms with van der Waals surface area (Å²) in [6, 6.07) is 12.7. The lowest BCUT2D eigenvalue weighted by atomic mass is 10.1. The second-order valence-corrected chi connectivity index (χ2v) is 10.7. The molecule has 8 nitrogen and oxygen atoms in total. The summed E-state index contributed by atoms with van der Waals surface area (Å²) in [6.45, 7) is 7.73. The van der Waals surface area contributed by atoms with Crippen molar-refractivity contribution in [2.45, 2.75) is 59.3 Å². The Hall–Kier alpha value is -3.04. The van der Waals surface area contributed by atoms with Crippen LogP contribution in [-0.4, -0.2) is 51.7 Å². The minimum Gasteiger partial charge on any atom is -0.490 e. The van der Waals surface area contributed by atoms with Crippen LogP contribution >= 0.6 is 0 Å². The van der Waals surface area contributed by atoms with E-state index in [2.05, 4.69) is 11.6 Å². The van der Waals surface area contributed by atoms with Gasteiger partial charge < -0.3 is 19.3 Å². The summed E-state index contributed by atoms with van der Waals surface area (Å²) in [5, 5.41) is 9.55. The molecular weight excluding hydrogens is 506 g/mol. The van der Waals surface area contributed by atoms with Crippen molar-refractivity contribution in [2.24, 2.45) is 0 Å². The van der Waals surface area contributed by atoms with Gasteiger partial charge in [-0.25, -0.2) is 13.2 Å². The molecular formula is C29H41NO7S. The van der Waals surface area contributed by atoms with Crippen molar-refractivity contribution in [3.8, 4) is 11.5 Å². The van der Waals surface area contributed by atoms with Crippen molar-refractivity contribution >= 4 is 27.8 Å². The normalized spacial score (nSPS) is 11.8. The number of carboxylic acid groups (broad SMARTS) is 1. The van der Waals surface area contributed by atoms with Gasteiger partial charge in [-0.3, -0.25) is 4.72 Å². The second-order valence-electron chi connectivity index (χ2n) is 8.90. The molecule has 0 radical (unpaired) electrons. The number of ether oxygens (including phenoxy) is 3. The summed E-state index contributed by atoms with van der Waals surface area (Å²) in [6.07, 6.45) is 5.90. The second kappa shape index (κ2) is 16.7. The molecule has 0 aliphatic heterocycles. The van der Waals surface area contributed by atoms with E-state index in [0.717, 1.165) is 30.4 Å². The van der Waals surface area contributed by atoms with Crippen LogP contribution in [0.25, 0.3) is 6.08 Å². The molecule has 0 amide bonds. The summed E-state index contributed by atoms with van der Waals surface area (Å²) >= 11 is 0. The molecule has 2 aromatic carbocycles.